The third-order valence-electron chi connectivity index (χ3n) is 1.86. The first-order chi connectivity index (χ1) is 6.88. The molecule has 84 valence electrons. The zero-order valence-corrected chi connectivity index (χ0v) is 11.1. The summed E-state index contributed by atoms with van der Waals surface area (Å²) in [4.78, 5) is 0. The van der Waals surface area contributed by atoms with Gasteiger partial charge in [-0.3, -0.25) is 0 Å². The summed E-state index contributed by atoms with van der Waals surface area (Å²) < 4.78 is 28.1. The van der Waals surface area contributed by atoms with Crippen molar-refractivity contribution in [1.82, 2.24) is 0 Å². The predicted octanol–water partition coefficient (Wildman–Crippen LogP) is 2.18. The van der Waals surface area contributed by atoms with Crippen molar-refractivity contribution in [2.24, 2.45) is 0 Å². The Morgan fingerprint density at radius 1 is 1.40 bits per heavy atom. The summed E-state index contributed by atoms with van der Waals surface area (Å²) >= 11 is 3.33. The molecule has 0 N–H and O–H groups in total. The molecule has 0 saturated carbocycles. The normalized spacial score (nSPS) is 11.4. The molecule has 0 aliphatic rings. The lowest BCUT2D eigenvalue weighted by molar-refractivity contribution is 0.338. The highest BCUT2D eigenvalue weighted by Crippen LogP contribution is 2.22. The summed E-state index contributed by atoms with van der Waals surface area (Å²) in [6, 6.07) is 5.66. The minimum absolute atomic E-state index is 0.0406. The predicted molar refractivity (Wildman–Crippen MR) is 64.1 cm³/mol. The van der Waals surface area contributed by atoms with E-state index in [0.29, 0.717) is 5.75 Å². The Balaban J connectivity index is 2.61. The summed E-state index contributed by atoms with van der Waals surface area (Å²) in [5, 5.41) is 0. The van der Waals surface area contributed by atoms with Crippen LogP contribution in [0.15, 0.2) is 22.7 Å². The van der Waals surface area contributed by atoms with Gasteiger partial charge in [0.05, 0.1) is 5.75 Å². The molecule has 0 heterocycles. The average Bonchev–Trinajstić information content (AvgIpc) is 2.09. The molecule has 15 heavy (non-hydrogen) atoms. The Hall–Kier alpha value is -0.550. The number of ether oxygens (including phenoxy) is 1. The molecule has 0 aliphatic heterocycles. The van der Waals surface area contributed by atoms with E-state index in [2.05, 4.69) is 15.9 Å². The van der Waals surface area contributed by atoms with Gasteiger partial charge in [-0.05, 0) is 24.6 Å². The fourth-order valence-corrected chi connectivity index (χ4v) is 1.76. The maximum Gasteiger partial charge on any atom is 0.150 e. The van der Waals surface area contributed by atoms with Crippen LogP contribution in [-0.4, -0.2) is 27.0 Å². The minimum atomic E-state index is -2.95. The Kier molecular flexibility index (Phi) is 4.16. The van der Waals surface area contributed by atoms with E-state index in [-0.39, 0.29) is 12.4 Å². The standard InChI is InChI=1S/C10H13BrO3S/c1-8-3-4-9(11)7-10(8)14-5-6-15(2,12)13/h3-4,7H,5-6H2,1-2H3. The van der Waals surface area contributed by atoms with Crippen molar-refractivity contribution in [3.8, 4) is 5.75 Å². The molecule has 1 aromatic rings. The molecule has 0 amide bonds. The maximum atomic E-state index is 10.9. The molecule has 0 fully saturated rings. The van der Waals surface area contributed by atoms with Crippen LogP contribution in [0.3, 0.4) is 0 Å². The first-order valence-electron chi connectivity index (χ1n) is 4.45. The molecular weight excluding hydrogens is 280 g/mol. The molecule has 3 nitrogen and oxygen atoms in total. The van der Waals surface area contributed by atoms with Gasteiger partial charge in [-0.25, -0.2) is 8.42 Å². The second-order valence-electron chi connectivity index (χ2n) is 3.39. The fourth-order valence-electron chi connectivity index (χ4n) is 1.03. The molecule has 0 bridgehead atoms. The molecule has 0 aromatic heterocycles. The number of aryl methyl sites for hydroxylation is 1. The largest absolute Gasteiger partial charge is 0.492 e. The van der Waals surface area contributed by atoms with Gasteiger partial charge in [0, 0.05) is 10.7 Å². The third-order valence-corrected chi connectivity index (χ3v) is 3.26. The van der Waals surface area contributed by atoms with Crippen LogP contribution in [0.2, 0.25) is 0 Å². The minimum Gasteiger partial charge on any atom is -0.492 e. The van der Waals surface area contributed by atoms with E-state index in [9.17, 15) is 8.42 Å². The van der Waals surface area contributed by atoms with Crippen LogP contribution >= 0.6 is 15.9 Å². The van der Waals surface area contributed by atoms with Gasteiger partial charge in [-0.2, -0.15) is 0 Å². The molecule has 0 radical (unpaired) electrons. The smallest absolute Gasteiger partial charge is 0.150 e. The topological polar surface area (TPSA) is 43.4 Å². The summed E-state index contributed by atoms with van der Waals surface area (Å²) in [5.74, 6) is 0.756. The number of hydrogen-bond acceptors (Lipinski definition) is 3. The first-order valence-corrected chi connectivity index (χ1v) is 7.30. The zero-order valence-electron chi connectivity index (χ0n) is 8.66. The SMILES string of the molecule is Cc1ccc(Br)cc1OCCS(C)(=O)=O. The van der Waals surface area contributed by atoms with Crippen LogP contribution in [0.4, 0.5) is 0 Å². The highest BCUT2D eigenvalue weighted by Gasteiger charge is 2.04. The average molecular weight is 293 g/mol. The van der Waals surface area contributed by atoms with Crippen molar-refractivity contribution < 1.29 is 13.2 Å². The highest BCUT2D eigenvalue weighted by molar-refractivity contribution is 9.10. The lowest BCUT2D eigenvalue weighted by Gasteiger charge is -2.08. The van der Waals surface area contributed by atoms with Gasteiger partial charge in [-0.1, -0.05) is 22.0 Å². The summed E-state index contributed by atoms with van der Waals surface area (Å²) in [5.41, 5.74) is 0.992. The number of hydrogen-bond donors (Lipinski definition) is 0. The number of benzene rings is 1. The van der Waals surface area contributed by atoms with Crippen molar-refractivity contribution in [2.75, 3.05) is 18.6 Å². The molecule has 0 atom stereocenters. The van der Waals surface area contributed by atoms with Crippen LogP contribution in [0.1, 0.15) is 5.56 Å². The van der Waals surface area contributed by atoms with E-state index in [1.54, 1.807) is 0 Å². The van der Waals surface area contributed by atoms with Gasteiger partial charge in [0.25, 0.3) is 0 Å². The van der Waals surface area contributed by atoms with Crippen LogP contribution < -0.4 is 4.74 Å². The second kappa shape index (κ2) is 4.99. The van der Waals surface area contributed by atoms with Crippen molar-refractivity contribution in [2.45, 2.75) is 6.92 Å². The second-order valence-corrected chi connectivity index (χ2v) is 6.56. The fraction of sp³-hybridized carbons (Fsp3) is 0.400. The van der Waals surface area contributed by atoms with Crippen LogP contribution in [0, 0.1) is 6.92 Å². The number of sulfone groups is 1. The molecule has 0 aliphatic carbocycles. The van der Waals surface area contributed by atoms with Crippen molar-refractivity contribution in [3.05, 3.63) is 28.2 Å². The number of rotatable bonds is 4. The van der Waals surface area contributed by atoms with E-state index in [1.807, 2.05) is 25.1 Å². The van der Waals surface area contributed by atoms with Gasteiger partial charge in [0.2, 0.25) is 0 Å². The van der Waals surface area contributed by atoms with Gasteiger partial charge >= 0.3 is 0 Å². The summed E-state index contributed by atoms with van der Waals surface area (Å²) in [6.07, 6.45) is 1.20. The molecule has 1 aromatic carbocycles. The van der Waals surface area contributed by atoms with Gasteiger partial charge in [0.15, 0.2) is 9.84 Å². The molecule has 0 saturated heterocycles. The van der Waals surface area contributed by atoms with E-state index >= 15 is 0 Å². The lowest BCUT2D eigenvalue weighted by atomic mass is 10.2. The molecular formula is C10H13BrO3S. The highest BCUT2D eigenvalue weighted by atomic mass is 79.9. The summed E-state index contributed by atoms with van der Waals surface area (Å²) in [6.45, 7) is 2.11. The number of halogens is 1. The van der Waals surface area contributed by atoms with E-state index in [4.69, 9.17) is 4.74 Å². The first kappa shape index (κ1) is 12.5. The Bertz CT molecular complexity index is 440. The zero-order chi connectivity index (χ0) is 11.5. The molecule has 0 spiro atoms. The van der Waals surface area contributed by atoms with E-state index < -0.39 is 9.84 Å². The van der Waals surface area contributed by atoms with Crippen LogP contribution in [0.5, 0.6) is 5.75 Å². The van der Waals surface area contributed by atoms with Crippen LogP contribution in [-0.2, 0) is 9.84 Å². The monoisotopic (exact) mass is 292 g/mol. The van der Waals surface area contributed by atoms with Crippen molar-refractivity contribution in [3.63, 3.8) is 0 Å². The van der Waals surface area contributed by atoms with Gasteiger partial charge in [0.1, 0.15) is 12.4 Å². The Labute approximate surface area is 98.5 Å². The Morgan fingerprint density at radius 2 is 2.07 bits per heavy atom. The molecule has 1 rings (SSSR count). The third kappa shape index (κ3) is 4.66. The van der Waals surface area contributed by atoms with Crippen molar-refractivity contribution in [1.29, 1.82) is 0 Å². The Morgan fingerprint density at radius 3 is 2.67 bits per heavy atom. The summed E-state index contributed by atoms with van der Waals surface area (Å²) in [7, 11) is -2.95. The quantitative estimate of drug-likeness (QED) is 0.854. The van der Waals surface area contributed by atoms with Crippen LogP contribution in [0.25, 0.3) is 0 Å². The van der Waals surface area contributed by atoms with E-state index in [0.717, 1.165) is 10.0 Å². The molecule has 5 heteroatoms. The van der Waals surface area contributed by atoms with Gasteiger partial charge < -0.3 is 4.74 Å². The van der Waals surface area contributed by atoms with Gasteiger partial charge in [-0.15, -0.1) is 0 Å². The molecule has 0 unspecified atom stereocenters. The van der Waals surface area contributed by atoms with Crippen molar-refractivity contribution >= 4 is 25.8 Å². The van der Waals surface area contributed by atoms with E-state index in [1.165, 1.54) is 6.26 Å². The maximum absolute atomic E-state index is 10.9. The lowest BCUT2D eigenvalue weighted by Crippen LogP contribution is -2.12.